The summed E-state index contributed by atoms with van der Waals surface area (Å²) in [7, 11) is 0. The number of aromatic nitrogens is 1. The first kappa shape index (κ1) is 10.3. The van der Waals surface area contributed by atoms with Crippen molar-refractivity contribution in [1.82, 2.24) is 4.98 Å². The Bertz CT molecular complexity index is 407. The molecule has 0 aromatic carbocycles. The van der Waals surface area contributed by atoms with Gasteiger partial charge in [-0.3, -0.25) is 4.79 Å². The highest BCUT2D eigenvalue weighted by atomic mass is 32.1. The molecule has 2 aliphatic rings. The van der Waals surface area contributed by atoms with Gasteiger partial charge in [-0.15, -0.1) is 11.3 Å². The molecule has 3 nitrogen and oxygen atoms in total. The zero-order valence-electron chi connectivity index (χ0n) is 9.37. The standard InChI is InChI=1S/C12H16N2OS/c15-9-5-4-6-10-11(9)13-12(16-10)14-7-2-1-3-8-14/h1-8H2. The molecule has 1 fully saturated rings. The SMILES string of the molecule is O=C1CCCc2sc(N3CCCCC3)nc21. The molecule has 1 saturated heterocycles. The van der Waals surface area contributed by atoms with Crippen molar-refractivity contribution in [2.45, 2.75) is 38.5 Å². The van der Waals surface area contributed by atoms with Gasteiger partial charge in [0.1, 0.15) is 5.69 Å². The Labute approximate surface area is 99.5 Å². The van der Waals surface area contributed by atoms with E-state index in [0.717, 1.165) is 36.8 Å². The zero-order chi connectivity index (χ0) is 11.0. The van der Waals surface area contributed by atoms with Gasteiger partial charge in [0.15, 0.2) is 10.9 Å². The van der Waals surface area contributed by atoms with Crippen LogP contribution in [-0.2, 0) is 6.42 Å². The number of ketones is 1. The molecule has 0 N–H and O–H groups in total. The number of rotatable bonds is 1. The lowest BCUT2D eigenvalue weighted by Gasteiger charge is -2.25. The number of carbonyl (C=O) groups excluding carboxylic acids is 1. The van der Waals surface area contributed by atoms with E-state index in [1.165, 1.54) is 24.1 Å². The lowest BCUT2D eigenvalue weighted by Crippen LogP contribution is -2.29. The van der Waals surface area contributed by atoms with E-state index in [2.05, 4.69) is 9.88 Å². The minimum Gasteiger partial charge on any atom is -0.348 e. The quantitative estimate of drug-likeness (QED) is 0.751. The van der Waals surface area contributed by atoms with Crippen LogP contribution in [0, 0.1) is 0 Å². The topological polar surface area (TPSA) is 33.2 Å². The van der Waals surface area contributed by atoms with Gasteiger partial charge in [-0.2, -0.15) is 0 Å². The maximum atomic E-state index is 11.7. The monoisotopic (exact) mass is 236 g/mol. The summed E-state index contributed by atoms with van der Waals surface area (Å²) in [5.74, 6) is 0.251. The Kier molecular flexibility index (Phi) is 2.67. The maximum absolute atomic E-state index is 11.7. The van der Waals surface area contributed by atoms with Crippen LogP contribution in [0.25, 0.3) is 0 Å². The first-order valence-electron chi connectivity index (χ1n) is 6.12. The summed E-state index contributed by atoms with van der Waals surface area (Å²) in [6, 6.07) is 0. The molecular formula is C12H16N2OS. The third-order valence-electron chi connectivity index (χ3n) is 3.38. The van der Waals surface area contributed by atoms with Crippen molar-refractivity contribution >= 4 is 22.3 Å². The van der Waals surface area contributed by atoms with E-state index in [4.69, 9.17) is 0 Å². The van der Waals surface area contributed by atoms with Gasteiger partial charge in [0.25, 0.3) is 0 Å². The highest BCUT2D eigenvalue weighted by Crippen LogP contribution is 2.32. The molecule has 0 atom stereocenters. The van der Waals surface area contributed by atoms with E-state index >= 15 is 0 Å². The van der Waals surface area contributed by atoms with E-state index in [0.29, 0.717) is 6.42 Å². The van der Waals surface area contributed by atoms with E-state index in [1.807, 2.05) is 0 Å². The molecule has 1 aliphatic heterocycles. The van der Waals surface area contributed by atoms with E-state index in [1.54, 1.807) is 11.3 Å². The normalized spacial score (nSPS) is 21.0. The Hall–Kier alpha value is -0.900. The summed E-state index contributed by atoms with van der Waals surface area (Å²) in [5.41, 5.74) is 0.775. The number of anilines is 1. The first-order valence-corrected chi connectivity index (χ1v) is 6.94. The Morgan fingerprint density at radius 3 is 2.62 bits per heavy atom. The molecule has 0 unspecified atom stereocenters. The van der Waals surface area contributed by atoms with Crippen LogP contribution < -0.4 is 4.90 Å². The maximum Gasteiger partial charge on any atom is 0.186 e. The average Bonchev–Trinajstić information content (AvgIpc) is 2.76. The van der Waals surface area contributed by atoms with Gasteiger partial charge in [0.05, 0.1) is 0 Å². The molecule has 0 saturated carbocycles. The lowest BCUT2D eigenvalue weighted by molar-refractivity contribution is 0.0968. The number of Topliss-reactive ketones (excluding diaryl/α,β-unsaturated/α-hetero) is 1. The Balaban J connectivity index is 1.88. The Morgan fingerprint density at radius 2 is 1.88 bits per heavy atom. The summed E-state index contributed by atoms with van der Waals surface area (Å²) < 4.78 is 0. The predicted octanol–water partition coefficient (Wildman–Crippen LogP) is 2.65. The van der Waals surface area contributed by atoms with Gasteiger partial charge in [-0.25, -0.2) is 4.98 Å². The fourth-order valence-electron chi connectivity index (χ4n) is 2.47. The second-order valence-corrected chi connectivity index (χ2v) is 5.65. The van der Waals surface area contributed by atoms with Crippen molar-refractivity contribution in [3.8, 4) is 0 Å². The number of hydrogen-bond donors (Lipinski definition) is 0. The molecule has 3 rings (SSSR count). The van der Waals surface area contributed by atoms with Crippen LogP contribution in [0.3, 0.4) is 0 Å². The molecule has 0 amide bonds. The molecular weight excluding hydrogens is 220 g/mol. The van der Waals surface area contributed by atoms with Crippen molar-refractivity contribution in [1.29, 1.82) is 0 Å². The van der Waals surface area contributed by atoms with Crippen LogP contribution in [-0.4, -0.2) is 23.9 Å². The van der Waals surface area contributed by atoms with Crippen molar-refractivity contribution in [2.24, 2.45) is 0 Å². The third kappa shape index (κ3) is 1.75. The zero-order valence-corrected chi connectivity index (χ0v) is 10.2. The van der Waals surface area contributed by atoms with E-state index < -0.39 is 0 Å². The van der Waals surface area contributed by atoms with Crippen molar-refractivity contribution in [3.63, 3.8) is 0 Å². The van der Waals surface area contributed by atoms with Crippen LogP contribution in [0.4, 0.5) is 5.13 Å². The number of nitrogens with zero attached hydrogens (tertiary/aromatic N) is 2. The second-order valence-electron chi connectivity index (χ2n) is 4.59. The summed E-state index contributed by atoms with van der Waals surface area (Å²) in [4.78, 5) is 19.8. The van der Waals surface area contributed by atoms with Gasteiger partial charge in [-0.1, -0.05) is 0 Å². The smallest absolute Gasteiger partial charge is 0.186 e. The molecule has 4 heteroatoms. The van der Waals surface area contributed by atoms with Gasteiger partial charge < -0.3 is 4.90 Å². The number of fused-ring (bicyclic) bond motifs is 1. The number of aryl methyl sites for hydroxylation is 1. The number of thiazole rings is 1. The molecule has 0 spiro atoms. The molecule has 0 bridgehead atoms. The summed E-state index contributed by atoms with van der Waals surface area (Å²) in [5, 5.41) is 1.08. The summed E-state index contributed by atoms with van der Waals surface area (Å²) >= 11 is 1.74. The minimum absolute atomic E-state index is 0.251. The largest absolute Gasteiger partial charge is 0.348 e. The summed E-state index contributed by atoms with van der Waals surface area (Å²) in [6.45, 7) is 2.22. The van der Waals surface area contributed by atoms with Crippen molar-refractivity contribution in [2.75, 3.05) is 18.0 Å². The fourth-order valence-corrected chi connectivity index (χ4v) is 3.65. The first-order chi connectivity index (χ1) is 7.84. The van der Waals surface area contributed by atoms with Crippen LogP contribution in [0.5, 0.6) is 0 Å². The van der Waals surface area contributed by atoms with Gasteiger partial charge >= 0.3 is 0 Å². The van der Waals surface area contributed by atoms with Crippen LogP contribution in [0.2, 0.25) is 0 Å². The van der Waals surface area contributed by atoms with E-state index in [9.17, 15) is 4.79 Å². The average molecular weight is 236 g/mol. The number of carbonyl (C=O) groups is 1. The van der Waals surface area contributed by atoms with E-state index in [-0.39, 0.29) is 5.78 Å². The number of hydrogen-bond acceptors (Lipinski definition) is 4. The molecule has 16 heavy (non-hydrogen) atoms. The molecule has 1 aromatic heterocycles. The lowest BCUT2D eigenvalue weighted by atomic mass is 10.0. The van der Waals surface area contributed by atoms with Crippen LogP contribution in [0.15, 0.2) is 0 Å². The molecule has 2 heterocycles. The molecule has 1 aromatic rings. The van der Waals surface area contributed by atoms with Gasteiger partial charge in [0, 0.05) is 24.4 Å². The third-order valence-corrected chi connectivity index (χ3v) is 4.56. The molecule has 0 radical (unpaired) electrons. The highest BCUT2D eigenvalue weighted by Gasteiger charge is 2.24. The number of piperidine rings is 1. The fraction of sp³-hybridized carbons (Fsp3) is 0.667. The van der Waals surface area contributed by atoms with Crippen LogP contribution in [0.1, 0.15) is 47.5 Å². The van der Waals surface area contributed by atoms with Gasteiger partial charge in [0.2, 0.25) is 0 Å². The molecule has 86 valence electrons. The second kappa shape index (κ2) is 4.17. The predicted molar refractivity (Wildman–Crippen MR) is 65.4 cm³/mol. The summed E-state index contributed by atoms with van der Waals surface area (Å²) in [6.07, 6.45) is 6.60. The van der Waals surface area contributed by atoms with Crippen molar-refractivity contribution in [3.05, 3.63) is 10.6 Å². The Morgan fingerprint density at radius 1 is 1.06 bits per heavy atom. The molecule has 1 aliphatic carbocycles. The highest BCUT2D eigenvalue weighted by molar-refractivity contribution is 7.16. The van der Waals surface area contributed by atoms with Crippen molar-refractivity contribution < 1.29 is 4.79 Å². The minimum atomic E-state index is 0.251. The van der Waals surface area contributed by atoms with Crippen LogP contribution >= 0.6 is 11.3 Å². The van der Waals surface area contributed by atoms with Gasteiger partial charge in [-0.05, 0) is 32.1 Å².